The molecule has 0 bridgehead atoms. The van der Waals surface area contributed by atoms with Crippen LogP contribution in [0.15, 0.2) is 0 Å². The average molecular weight is 247 g/mol. The third kappa shape index (κ3) is 10.1. The SMILES string of the molecule is CCCNC(=O)CCCCCS(=O)CCC. The Hall–Kier alpha value is -0.380. The molecule has 0 aliphatic carbocycles. The Balaban J connectivity index is 3.26. The second kappa shape index (κ2) is 11.1. The molecule has 4 heteroatoms. The average Bonchev–Trinajstić information content (AvgIpc) is 2.26. The molecule has 0 aliphatic rings. The number of hydrogen-bond acceptors (Lipinski definition) is 2. The Morgan fingerprint density at radius 2 is 1.81 bits per heavy atom. The molecular weight excluding hydrogens is 222 g/mol. The quantitative estimate of drug-likeness (QED) is 0.602. The minimum atomic E-state index is -0.640. The monoisotopic (exact) mass is 247 g/mol. The summed E-state index contributed by atoms with van der Waals surface area (Å²) in [4.78, 5) is 11.2. The highest BCUT2D eigenvalue weighted by Crippen LogP contribution is 2.02. The van der Waals surface area contributed by atoms with Crippen molar-refractivity contribution in [2.75, 3.05) is 18.1 Å². The maximum Gasteiger partial charge on any atom is 0.219 e. The summed E-state index contributed by atoms with van der Waals surface area (Å²) in [5.74, 6) is 1.76. The molecule has 3 nitrogen and oxygen atoms in total. The van der Waals surface area contributed by atoms with E-state index in [1.54, 1.807) is 0 Å². The minimum Gasteiger partial charge on any atom is -0.356 e. The minimum absolute atomic E-state index is 0.150. The molecule has 0 aromatic carbocycles. The van der Waals surface area contributed by atoms with E-state index in [2.05, 4.69) is 12.2 Å². The van der Waals surface area contributed by atoms with E-state index in [4.69, 9.17) is 0 Å². The summed E-state index contributed by atoms with van der Waals surface area (Å²) >= 11 is 0. The Bertz CT molecular complexity index is 207. The van der Waals surface area contributed by atoms with Gasteiger partial charge in [0.1, 0.15) is 0 Å². The van der Waals surface area contributed by atoms with Gasteiger partial charge in [0, 0.05) is 35.3 Å². The fourth-order valence-corrected chi connectivity index (χ4v) is 2.59. The summed E-state index contributed by atoms with van der Waals surface area (Å²) in [5, 5.41) is 2.85. The summed E-state index contributed by atoms with van der Waals surface area (Å²) in [6.07, 6.45) is 5.50. The lowest BCUT2D eigenvalue weighted by Crippen LogP contribution is -2.23. The van der Waals surface area contributed by atoms with Gasteiger partial charge in [-0.05, 0) is 25.7 Å². The normalized spacial score (nSPS) is 12.4. The number of carbonyl (C=O) groups excluding carboxylic acids is 1. The fraction of sp³-hybridized carbons (Fsp3) is 0.917. The van der Waals surface area contributed by atoms with Gasteiger partial charge in [-0.3, -0.25) is 9.00 Å². The van der Waals surface area contributed by atoms with Crippen LogP contribution in [0, 0.1) is 0 Å². The van der Waals surface area contributed by atoms with Crippen molar-refractivity contribution in [1.29, 1.82) is 0 Å². The first-order chi connectivity index (χ1) is 7.70. The maximum atomic E-state index is 11.3. The lowest BCUT2D eigenvalue weighted by Gasteiger charge is -2.03. The van der Waals surface area contributed by atoms with Gasteiger partial charge in [-0.1, -0.05) is 20.3 Å². The number of rotatable bonds is 10. The van der Waals surface area contributed by atoms with Crippen molar-refractivity contribution in [2.45, 2.75) is 52.4 Å². The van der Waals surface area contributed by atoms with Crippen molar-refractivity contribution in [3.8, 4) is 0 Å². The van der Waals surface area contributed by atoms with Crippen LogP contribution in [0.2, 0.25) is 0 Å². The number of nitrogens with one attached hydrogen (secondary N) is 1. The van der Waals surface area contributed by atoms with Gasteiger partial charge in [-0.15, -0.1) is 0 Å². The van der Waals surface area contributed by atoms with E-state index in [9.17, 15) is 9.00 Å². The molecule has 1 atom stereocenters. The molecule has 0 aromatic heterocycles. The second-order valence-electron chi connectivity index (χ2n) is 4.01. The van der Waals surface area contributed by atoms with Crippen LogP contribution in [0.25, 0.3) is 0 Å². The van der Waals surface area contributed by atoms with Crippen molar-refractivity contribution < 1.29 is 9.00 Å². The molecule has 1 N–H and O–H groups in total. The van der Waals surface area contributed by atoms with E-state index in [0.29, 0.717) is 6.42 Å². The molecule has 0 heterocycles. The number of carbonyl (C=O) groups is 1. The van der Waals surface area contributed by atoms with E-state index in [1.807, 2.05) is 6.92 Å². The smallest absolute Gasteiger partial charge is 0.219 e. The summed E-state index contributed by atoms with van der Waals surface area (Å²) < 4.78 is 11.3. The third-order valence-electron chi connectivity index (χ3n) is 2.28. The number of hydrogen-bond donors (Lipinski definition) is 1. The zero-order chi connectivity index (χ0) is 12.2. The van der Waals surface area contributed by atoms with Gasteiger partial charge in [0.2, 0.25) is 5.91 Å². The summed E-state index contributed by atoms with van der Waals surface area (Å²) in [6, 6.07) is 0. The van der Waals surface area contributed by atoms with Crippen molar-refractivity contribution in [1.82, 2.24) is 5.32 Å². The molecule has 0 saturated carbocycles. The van der Waals surface area contributed by atoms with E-state index in [0.717, 1.165) is 50.2 Å². The topological polar surface area (TPSA) is 46.2 Å². The van der Waals surface area contributed by atoms with Crippen LogP contribution < -0.4 is 5.32 Å². The second-order valence-corrected chi connectivity index (χ2v) is 5.70. The van der Waals surface area contributed by atoms with Gasteiger partial charge >= 0.3 is 0 Å². The molecule has 0 rings (SSSR count). The highest BCUT2D eigenvalue weighted by Gasteiger charge is 2.01. The van der Waals surface area contributed by atoms with E-state index >= 15 is 0 Å². The summed E-state index contributed by atoms with van der Waals surface area (Å²) in [7, 11) is -0.640. The largest absolute Gasteiger partial charge is 0.356 e. The number of amides is 1. The third-order valence-corrected chi connectivity index (χ3v) is 3.89. The predicted octanol–water partition coefficient (Wildman–Crippen LogP) is 2.23. The first-order valence-electron chi connectivity index (χ1n) is 6.32. The molecule has 0 aromatic rings. The number of unbranched alkanes of at least 4 members (excludes halogenated alkanes) is 2. The molecule has 16 heavy (non-hydrogen) atoms. The van der Waals surface area contributed by atoms with E-state index < -0.39 is 10.8 Å². The predicted molar refractivity (Wildman–Crippen MR) is 69.9 cm³/mol. The standard InChI is InChI=1S/C12H25NO2S/c1-3-9-13-12(14)8-6-5-7-11-16(15)10-4-2/h3-11H2,1-2H3,(H,13,14). The molecule has 96 valence electrons. The van der Waals surface area contributed by atoms with Crippen LogP contribution in [0.4, 0.5) is 0 Å². The summed E-state index contributed by atoms with van der Waals surface area (Å²) in [5.41, 5.74) is 0. The fourth-order valence-electron chi connectivity index (χ4n) is 1.41. The van der Waals surface area contributed by atoms with Crippen molar-refractivity contribution in [2.24, 2.45) is 0 Å². The molecule has 0 aliphatic heterocycles. The lowest BCUT2D eigenvalue weighted by molar-refractivity contribution is -0.121. The van der Waals surface area contributed by atoms with Gasteiger partial charge in [-0.2, -0.15) is 0 Å². The van der Waals surface area contributed by atoms with Crippen LogP contribution in [0.5, 0.6) is 0 Å². The van der Waals surface area contributed by atoms with Gasteiger partial charge in [0.15, 0.2) is 0 Å². The molecule has 0 radical (unpaired) electrons. The van der Waals surface area contributed by atoms with Crippen molar-refractivity contribution in [3.63, 3.8) is 0 Å². The van der Waals surface area contributed by atoms with Crippen LogP contribution in [0.1, 0.15) is 52.4 Å². The van der Waals surface area contributed by atoms with Crippen LogP contribution in [-0.4, -0.2) is 28.2 Å². The molecule has 1 unspecified atom stereocenters. The van der Waals surface area contributed by atoms with Gasteiger partial charge in [0.05, 0.1) is 0 Å². The highest BCUT2D eigenvalue weighted by molar-refractivity contribution is 7.84. The van der Waals surface area contributed by atoms with E-state index in [-0.39, 0.29) is 5.91 Å². The molecule has 0 saturated heterocycles. The van der Waals surface area contributed by atoms with Crippen molar-refractivity contribution in [3.05, 3.63) is 0 Å². The molecular formula is C12H25NO2S. The zero-order valence-electron chi connectivity index (χ0n) is 10.6. The Labute approximate surface area is 102 Å². The van der Waals surface area contributed by atoms with Gasteiger partial charge < -0.3 is 5.32 Å². The molecule has 1 amide bonds. The first kappa shape index (κ1) is 15.6. The van der Waals surface area contributed by atoms with Gasteiger partial charge in [-0.25, -0.2) is 0 Å². The van der Waals surface area contributed by atoms with Crippen LogP contribution in [0.3, 0.4) is 0 Å². The highest BCUT2D eigenvalue weighted by atomic mass is 32.2. The van der Waals surface area contributed by atoms with Crippen LogP contribution >= 0.6 is 0 Å². The Morgan fingerprint density at radius 3 is 2.44 bits per heavy atom. The Kier molecular flexibility index (Phi) is 10.9. The zero-order valence-corrected chi connectivity index (χ0v) is 11.4. The van der Waals surface area contributed by atoms with E-state index in [1.165, 1.54) is 0 Å². The van der Waals surface area contributed by atoms with Crippen molar-refractivity contribution >= 4 is 16.7 Å². The van der Waals surface area contributed by atoms with Crippen LogP contribution in [-0.2, 0) is 15.6 Å². The van der Waals surface area contributed by atoms with Gasteiger partial charge in [0.25, 0.3) is 0 Å². The maximum absolute atomic E-state index is 11.3. The molecule has 0 spiro atoms. The lowest BCUT2D eigenvalue weighted by atomic mass is 10.2. The first-order valence-corrected chi connectivity index (χ1v) is 7.81. The Morgan fingerprint density at radius 1 is 1.06 bits per heavy atom. The molecule has 0 fully saturated rings. The summed E-state index contributed by atoms with van der Waals surface area (Å²) in [6.45, 7) is 4.87.